The first kappa shape index (κ1) is 14.8. The molecule has 0 aliphatic carbocycles. The van der Waals surface area contributed by atoms with Crippen LogP contribution in [0.1, 0.15) is 16.7 Å². The van der Waals surface area contributed by atoms with Crippen LogP contribution in [0.2, 0.25) is 0 Å². The first-order valence-corrected chi connectivity index (χ1v) is 8.20. The molecule has 0 fully saturated rings. The highest BCUT2D eigenvalue weighted by Crippen LogP contribution is 2.41. The van der Waals surface area contributed by atoms with E-state index in [1.54, 1.807) is 42.1 Å². The largest absolute Gasteiger partial charge is 0.508 e. The molecular weight excluding hydrogens is 325 g/mol. The number of phenols is 1. The van der Waals surface area contributed by atoms with Gasteiger partial charge in [0.05, 0.1) is 5.37 Å². The Morgan fingerprint density at radius 3 is 3.04 bits per heavy atom. The highest BCUT2D eigenvalue weighted by molar-refractivity contribution is 8.00. The van der Waals surface area contributed by atoms with E-state index in [0.717, 1.165) is 16.1 Å². The minimum Gasteiger partial charge on any atom is -0.508 e. The number of rotatable bonds is 2. The molecule has 4 nitrogen and oxygen atoms in total. The molecule has 6 heteroatoms. The summed E-state index contributed by atoms with van der Waals surface area (Å²) < 4.78 is 14.2. The van der Waals surface area contributed by atoms with Crippen molar-refractivity contribution in [3.8, 4) is 11.8 Å². The number of nitriles is 1. The van der Waals surface area contributed by atoms with E-state index in [0.29, 0.717) is 11.1 Å². The Labute approximate surface area is 142 Å². The van der Waals surface area contributed by atoms with Gasteiger partial charge in [-0.15, -0.1) is 0 Å². The van der Waals surface area contributed by atoms with Crippen molar-refractivity contribution in [3.05, 3.63) is 59.2 Å². The highest BCUT2D eigenvalue weighted by atomic mass is 32.2. The minimum atomic E-state index is -2.26. The third kappa shape index (κ3) is 2.43. The fourth-order valence-corrected chi connectivity index (χ4v) is 3.80. The predicted molar refractivity (Wildman–Crippen MR) is 92.8 cm³/mol. The lowest BCUT2D eigenvalue weighted by molar-refractivity contribution is 0.265. The number of benzene rings is 2. The van der Waals surface area contributed by atoms with Gasteiger partial charge in [-0.05, 0) is 29.8 Å². The Morgan fingerprint density at radius 2 is 2.21 bits per heavy atom. The summed E-state index contributed by atoms with van der Waals surface area (Å²) in [5.74, 6) is -2.01. The number of alkyl halides is 1. The molecule has 2 unspecified atom stereocenters. The van der Waals surface area contributed by atoms with Crippen LogP contribution in [-0.4, -0.2) is 16.7 Å². The fraction of sp³-hybridized carbons (Fsp3) is 0.111. The molecule has 2 aliphatic heterocycles. The second-order valence-corrected chi connectivity index (χ2v) is 6.74. The van der Waals surface area contributed by atoms with Crippen LogP contribution in [0.3, 0.4) is 0 Å². The number of thioether (sulfide) groups is 1. The third-order valence-electron chi connectivity index (χ3n) is 3.94. The van der Waals surface area contributed by atoms with Crippen molar-refractivity contribution >= 4 is 29.7 Å². The number of nitrogens with zero attached hydrogens (tertiary/aromatic N) is 2. The van der Waals surface area contributed by atoms with E-state index in [9.17, 15) is 9.50 Å². The van der Waals surface area contributed by atoms with Gasteiger partial charge in [0.25, 0.3) is 0 Å². The van der Waals surface area contributed by atoms with Crippen LogP contribution in [0.5, 0.6) is 5.75 Å². The number of halogens is 1. The Kier molecular flexibility index (Phi) is 3.32. The van der Waals surface area contributed by atoms with Gasteiger partial charge in [0.1, 0.15) is 11.8 Å². The van der Waals surface area contributed by atoms with Gasteiger partial charge in [0.15, 0.2) is 0 Å². The van der Waals surface area contributed by atoms with Crippen LogP contribution in [0, 0.1) is 11.3 Å². The first-order chi connectivity index (χ1) is 11.6. The number of anilines is 1. The second kappa shape index (κ2) is 5.39. The quantitative estimate of drug-likeness (QED) is 0.641. The molecule has 0 aromatic heterocycles. The summed E-state index contributed by atoms with van der Waals surface area (Å²) in [5, 5.41) is 21.8. The van der Waals surface area contributed by atoms with Gasteiger partial charge in [0, 0.05) is 27.9 Å². The molecule has 4 rings (SSSR count). The van der Waals surface area contributed by atoms with E-state index < -0.39 is 5.79 Å². The highest BCUT2D eigenvalue weighted by Gasteiger charge is 2.36. The summed E-state index contributed by atoms with van der Waals surface area (Å²) in [6.45, 7) is 0. The van der Waals surface area contributed by atoms with Crippen LogP contribution < -0.4 is 5.32 Å². The number of aliphatic imine (C=N–C) groups is 1. The van der Waals surface area contributed by atoms with Crippen LogP contribution in [0.4, 0.5) is 10.1 Å². The number of aromatic hydroxyl groups is 1. The average molecular weight is 337 g/mol. The summed E-state index contributed by atoms with van der Waals surface area (Å²) >= 11 is 1.61. The number of fused-ring (bicyclic) bond motifs is 2. The number of nitrogens with one attached hydrogen (secondary N) is 1. The zero-order chi connectivity index (χ0) is 16.7. The maximum atomic E-state index is 14.2. The maximum Gasteiger partial charge on any atom is 0.312 e. The molecule has 2 N–H and O–H groups in total. The van der Waals surface area contributed by atoms with Crippen LogP contribution in [-0.2, 0) is 5.79 Å². The van der Waals surface area contributed by atoms with E-state index in [1.165, 1.54) is 6.21 Å². The maximum absolute atomic E-state index is 14.2. The molecule has 0 amide bonds. The summed E-state index contributed by atoms with van der Waals surface area (Å²) in [6, 6.07) is 12.0. The molecule has 24 heavy (non-hydrogen) atoms. The fourth-order valence-electron chi connectivity index (χ4n) is 2.74. The van der Waals surface area contributed by atoms with Gasteiger partial charge in [-0.25, -0.2) is 4.99 Å². The lowest BCUT2D eigenvalue weighted by Crippen LogP contribution is -2.11. The Balaban J connectivity index is 1.53. The van der Waals surface area contributed by atoms with E-state index >= 15 is 0 Å². The summed E-state index contributed by atoms with van der Waals surface area (Å²) in [7, 11) is 0. The molecule has 0 radical (unpaired) electrons. The zero-order valence-electron chi connectivity index (χ0n) is 12.4. The van der Waals surface area contributed by atoms with Crippen molar-refractivity contribution in [2.75, 3.05) is 5.32 Å². The van der Waals surface area contributed by atoms with Crippen molar-refractivity contribution < 1.29 is 9.50 Å². The van der Waals surface area contributed by atoms with Gasteiger partial charge >= 0.3 is 5.79 Å². The number of hydrogen-bond acceptors (Lipinski definition) is 5. The van der Waals surface area contributed by atoms with Crippen molar-refractivity contribution in [2.45, 2.75) is 16.1 Å². The Hall–Kier alpha value is -2.78. The molecule has 2 aromatic rings. The lowest BCUT2D eigenvalue weighted by Gasteiger charge is -2.09. The second-order valence-electron chi connectivity index (χ2n) is 5.56. The molecule has 2 heterocycles. The van der Waals surface area contributed by atoms with Gasteiger partial charge in [-0.2, -0.15) is 9.65 Å². The number of phenolic OH excluding ortho intramolecular Hbond substituents is 1. The predicted octanol–water partition coefficient (Wildman–Crippen LogP) is 4.03. The normalized spacial score (nSPS) is 23.8. The van der Waals surface area contributed by atoms with E-state index in [2.05, 4.69) is 10.3 Å². The number of hydrogen-bond donors (Lipinski definition) is 2. The zero-order valence-corrected chi connectivity index (χ0v) is 13.2. The van der Waals surface area contributed by atoms with Crippen molar-refractivity contribution in [1.29, 1.82) is 5.26 Å². The molecule has 0 spiro atoms. The third-order valence-corrected chi connectivity index (χ3v) is 5.06. The van der Waals surface area contributed by atoms with E-state index in [4.69, 9.17) is 5.26 Å². The smallest absolute Gasteiger partial charge is 0.312 e. The summed E-state index contributed by atoms with van der Waals surface area (Å²) in [5.41, 5.74) is 2.81. The van der Waals surface area contributed by atoms with Gasteiger partial charge in [-0.1, -0.05) is 36.0 Å². The molecule has 2 aromatic carbocycles. The molecule has 0 saturated carbocycles. The van der Waals surface area contributed by atoms with Gasteiger partial charge < -0.3 is 10.4 Å². The van der Waals surface area contributed by atoms with Crippen LogP contribution in [0.15, 0.2) is 52.4 Å². The molecule has 118 valence electrons. The lowest BCUT2D eigenvalue weighted by atomic mass is 10.0. The minimum absolute atomic E-state index is 0.0584. The van der Waals surface area contributed by atoms with Crippen molar-refractivity contribution in [2.24, 2.45) is 4.99 Å². The first-order valence-electron chi connectivity index (χ1n) is 7.32. The van der Waals surface area contributed by atoms with Crippen LogP contribution >= 0.6 is 11.8 Å². The standard InChI is InChI=1S/C18H12FN3OS/c19-18(10-20)14-4-1-11(7-12(14)9-21-18)2-6-17-22-15-5-3-13(23)8-16(15)24-17/h1-9,17,22-23H/b6-2+. The van der Waals surface area contributed by atoms with Gasteiger partial charge in [0.2, 0.25) is 0 Å². The molecular formula is C18H12FN3OS. The monoisotopic (exact) mass is 337 g/mol. The molecule has 2 atom stereocenters. The summed E-state index contributed by atoms with van der Waals surface area (Å²) in [4.78, 5) is 4.65. The van der Waals surface area contributed by atoms with Gasteiger partial charge in [-0.3, -0.25) is 0 Å². The molecule has 2 aliphatic rings. The van der Waals surface area contributed by atoms with Crippen molar-refractivity contribution in [1.82, 2.24) is 0 Å². The Bertz CT molecular complexity index is 934. The molecule has 0 bridgehead atoms. The SMILES string of the molecule is N#CC1(F)N=Cc2cc(/C=C/C3Nc4ccc(O)cc4S3)ccc21. The summed E-state index contributed by atoms with van der Waals surface area (Å²) in [6.07, 6.45) is 5.34. The van der Waals surface area contributed by atoms with Crippen LogP contribution in [0.25, 0.3) is 6.08 Å². The van der Waals surface area contributed by atoms with E-state index in [-0.39, 0.29) is 11.1 Å². The Morgan fingerprint density at radius 1 is 1.33 bits per heavy atom. The van der Waals surface area contributed by atoms with Crippen molar-refractivity contribution in [3.63, 3.8) is 0 Å². The topological polar surface area (TPSA) is 68.4 Å². The van der Waals surface area contributed by atoms with E-state index in [1.807, 2.05) is 24.3 Å². The average Bonchev–Trinajstić information content (AvgIpc) is 3.14. The molecule has 0 saturated heterocycles.